The molecule has 0 aliphatic rings. The van der Waals surface area contributed by atoms with Gasteiger partial charge in [-0.05, 0) is 59.3 Å². The average Bonchev–Trinajstić information content (AvgIpc) is 3.59. The van der Waals surface area contributed by atoms with Gasteiger partial charge in [-0.25, -0.2) is 9.97 Å². The molecular weight excluding hydrogens is 554 g/mol. The Morgan fingerprint density at radius 3 is 1.69 bits per heavy atom. The van der Waals surface area contributed by atoms with Gasteiger partial charge in [-0.3, -0.25) is 4.57 Å². The molecular formula is C40H21N3O2. The fourth-order valence-corrected chi connectivity index (χ4v) is 7.49. The van der Waals surface area contributed by atoms with E-state index in [4.69, 9.17) is 18.8 Å². The quantitative estimate of drug-likeness (QED) is 0.206. The smallest absolute Gasteiger partial charge is 0.165 e. The van der Waals surface area contributed by atoms with Gasteiger partial charge in [0.05, 0.1) is 22.1 Å². The van der Waals surface area contributed by atoms with Gasteiger partial charge in [-0.15, -0.1) is 0 Å². The van der Waals surface area contributed by atoms with E-state index in [-0.39, 0.29) is 0 Å². The minimum Gasteiger partial charge on any atom is -0.456 e. The Kier molecular flexibility index (Phi) is 4.26. The zero-order chi connectivity index (χ0) is 29.2. The number of hydrogen-bond acceptors (Lipinski definition) is 4. The lowest BCUT2D eigenvalue weighted by molar-refractivity contribution is 0.664. The van der Waals surface area contributed by atoms with E-state index in [1.165, 1.54) is 10.8 Å². The maximum Gasteiger partial charge on any atom is 0.165 e. The van der Waals surface area contributed by atoms with Crippen molar-refractivity contribution in [3.8, 4) is 17.1 Å². The van der Waals surface area contributed by atoms with E-state index in [0.29, 0.717) is 0 Å². The highest BCUT2D eigenvalue weighted by molar-refractivity contribution is 6.33. The van der Waals surface area contributed by atoms with Crippen LogP contribution in [0, 0.1) is 0 Å². The molecule has 0 unspecified atom stereocenters. The lowest BCUT2D eigenvalue weighted by atomic mass is 10.00. The average molecular weight is 576 g/mol. The van der Waals surface area contributed by atoms with Gasteiger partial charge in [0.25, 0.3) is 0 Å². The second-order valence-corrected chi connectivity index (χ2v) is 11.7. The number of nitrogens with zero attached hydrogens (tertiary/aromatic N) is 3. The topological polar surface area (TPSA) is 57.0 Å². The third-order valence-electron chi connectivity index (χ3n) is 9.34. The summed E-state index contributed by atoms with van der Waals surface area (Å²) < 4.78 is 15.3. The highest BCUT2D eigenvalue weighted by Crippen LogP contribution is 2.46. The standard InChI is InChI=1S/C40H21N3O2/c1-4-14-30-24(10-1)36-25(11-7-17-33(36)44-30)39-40(42-27-13-3-2-12-26(27)41-39)43-28-20-18-22-8-5-15-31-34(22)37(28)38-29(43)21-19-23-9-6-16-32(45-31)35(23)38/h1-21H. The molecule has 0 spiro atoms. The third kappa shape index (κ3) is 2.97. The number of furan rings is 1. The Bertz CT molecular complexity index is 2890. The highest BCUT2D eigenvalue weighted by atomic mass is 16.3. The molecule has 0 aliphatic heterocycles. The molecule has 11 rings (SSSR count). The first-order chi connectivity index (χ1) is 22.3. The molecule has 4 heterocycles. The largest absolute Gasteiger partial charge is 0.456 e. The molecule has 5 heteroatoms. The number of fused-ring (bicyclic) bond motifs is 4. The normalized spacial score (nSPS) is 12.4. The van der Waals surface area contributed by atoms with Gasteiger partial charge in [-0.2, -0.15) is 0 Å². The van der Waals surface area contributed by atoms with Crippen molar-refractivity contribution in [3.05, 3.63) is 127 Å². The number of para-hydroxylation sites is 3. The van der Waals surface area contributed by atoms with Crippen molar-refractivity contribution in [2.75, 3.05) is 0 Å². The monoisotopic (exact) mass is 575 g/mol. The van der Waals surface area contributed by atoms with Crippen molar-refractivity contribution in [3.63, 3.8) is 0 Å². The van der Waals surface area contributed by atoms with Gasteiger partial charge in [0.15, 0.2) is 5.82 Å². The van der Waals surface area contributed by atoms with Crippen LogP contribution in [0.2, 0.25) is 0 Å². The molecule has 0 aliphatic carbocycles. The van der Waals surface area contributed by atoms with E-state index < -0.39 is 0 Å². The maximum absolute atomic E-state index is 6.64. The van der Waals surface area contributed by atoms with Crippen LogP contribution >= 0.6 is 0 Å². The predicted molar refractivity (Wildman–Crippen MR) is 183 cm³/mol. The molecule has 0 amide bonds. The van der Waals surface area contributed by atoms with Gasteiger partial charge in [0, 0.05) is 37.9 Å². The summed E-state index contributed by atoms with van der Waals surface area (Å²) in [6.45, 7) is 0. The molecule has 11 aromatic rings. The molecule has 5 nitrogen and oxygen atoms in total. The second-order valence-electron chi connectivity index (χ2n) is 11.7. The molecule has 45 heavy (non-hydrogen) atoms. The Morgan fingerprint density at radius 2 is 0.978 bits per heavy atom. The van der Waals surface area contributed by atoms with Gasteiger partial charge in [-0.1, -0.05) is 78.9 Å². The van der Waals surface area contributed by atoms with Gasteiger partial charge < -0.3 is 8.83 Å². The van der Waals surface area contributed by atoms with Crippen molar-refractivity contribution in [2.24, 2.45) is 0 Å². The molecule has 0 atom stereocenters. The molecule has 0 saturated heterocycles. The van der Waals surface area contributed by atoms with Crippen LogP contribution in [-0.4, -0.2) is 14.5 Å². The van der Waals surface area contributed by atoms with E-state index >= 15 is 0 Å². The van der Waals surface area contributed by atoms with E-state index in [2.05, 4.69) is 83.4 Å². The Morgan fingerprint density at radius 1 is 0.422 bits per heavy atom. The SMILES string of the molecule is c1ccc2nc(-n3c4ccc5cccc6oc7cccc8ccc3c(c87)c4c56)c(-c3cccc4oc5ccccc5c34)nc2c1. The lowest BCUT2D eigenvalue weighted by Gasteiger charge is -2.15. The minimum atomic E-state index is 0.779. The van der Waals surface area contributed by atoms with Crippen molar-refractivity contribution in [1.29, 1.82) is 0 Å². The van der Waals surface area contributed by atoms with Gasteiger partial charge in [0.1, 0.15) is 28.0 Å². The van der Waals surface area contributed by atoms with Crippen LogP contribution in [0.25, 0.3) is 105 Å². The van der Waals surface area contributed by atoms with E-state index in [1.54, 1.807) is 0 Å². The van der Waals surface area contributed by atoms with E-state index in [0.717, 1.165) is 93.8 Å². The number of aromatic nitrogens is 3. The zero-order valence-corrected chi connectivity index (χ0v) is 23.8. The molecule has 7 aromatic carbocycles. The van der Waals surface area contributed by atoms with Crippen LogP contribution in [0.4, 0.5) is 0 Å². The van der Waals surface area contributed by atoms with Crippen LogP contribution < -0.4 is 0 Å². The summed E-state index contributed by atoms with van der Waals surface area (Å²) in [5.41, 5.74) is 9.01. The Labute approximate surface area is 254 Å². The van der Waals surface area contributed by atoms with Crippen molar-refractivity contribution in [2.45, 2.75) is 0 Å². The molecule has 0 N–H and O–H groups in total. The third-order valence-corrected chi connectivity index (χ3v) is 9.34. The first-order valence-electron chi connectivity index (χ1n) is 15.1. The summed E-state index contributed by atoms with van der Waals surface area (Å²) in [6.07, 6.45) is 0. The molecule has 4 aromatic heterocycles. The molecule has 0 bridgehead atoms. The second kappa shape index (κ2) is 8.24. The van der Waals surface area contributed by atoms with Crippen LogP contribution in [0.1, 0.15) is 0 Å². The molecule has 0 saturated carbocycles. The van der Waals surface area contributed by atoms with Crippen LogP contribution in [0.3, 0.4) is 0 Å². The van der Waals surface area contributed by atoms with Crippen molar-refractivity contribution < 1.29 is 8.83 Å². The molecule has 0 radical (unpaired) electrons. The summed E-state index contributed by atoms with van der Waals surface area (Å²) in [4.78, 5) is 10.8. The van der Waals surface area contributed by atoms with Crippen LogP contribution in [-0.2, 0) is 0 Å². The number of hydrogen-bond donors (Lipinski definition) is 0. The minimum absolute atomic E-state index is 0.779. The summed E-state index contributed by atoms with van der Waals surface area (Å²) in [5.74, 6) is 0.779. The lowest BCUT2D eigenvalue weighted by Crippen LogP contribution is -2.04. The van der Waals surface area contributed by atoms with E-state index in [1.807, 2.05) is 48.5 Å². The summed E-state index contributed by atoms with van der Waals surface area (Å²) in [7, 11) is 0. The Balaban J connectivity index is 1.38. The van der Waals surface area contributed by atoms with Crippen LogP contribution in [0.15, 0.2) is 136 Å². The predicted octanol–water partition coefficient (Wildman–Crippen LogP) is 10.8. The van der Waals surface area contributed by atoms with E-state index in [9.17, 15) is 0 Å². The first-order valence-corrected chi connectivity index (χ1v) is 15.1. The fraction of sp³-hybridized carbons (Fsp3) is 0. The van der Waals surface area contributed by atoms with Crippen molar-refractivity contribution in [1.82, 2.24) is 14.5 Å². The van der Waals surface area contributed by atoms with Gasteiger partial charge >= 0.3 is 0 Å². The Hall–Kier alpha value is -6.20. The fourth-order valence-electron chi connectivity index (χ4n) is 7.49. The maximum atomic E-state index is 6.64. The molecule has 0 fully saturated rings. The summed E-state index contributed by atoms with van der Waals surface area (Å²) in [5, 5.41) is 8.94. The molecule has 208 valence electrons. The van der Waals surface area contributed by atoms with Crippen molar-refractivity contribution >= 4 is 87.5 Å². The summed E-state index contributed by atoms with van der Waals surface area (Å²) >= 11 is 0. The number of rotatable bonds is 2. The van der Waals surface area contributed by atoms with Gasteiger partial charge in [0.2, 0.25) is 0 Å². The zero-order valence-electron chi connectivity index (χ0n) is 23.8. The first kappa shape index (κ1) is 23.3. The summed E-state index contributed by atoms with van der Waals surface area (Å²) in [6, 6.07) is 43.9. The highest BCUT2D eigenvalue weighted by Gasteiger charge is 2.25. The van der Waals surface area contributed by atoms with Crippen LogP contribution in [0.5, 0.6) is 0 Å². The number of benzene rings is 7.